The van der Waals surface area contributed by atoms with Crippen molar-refractivity contribution in [3.8, 4) is 5.75 Å². The molecule has 0 fully saturated rings. The number of benzene rings is 1. The van der Waals surface area contributed by atoms with Gasteiger partial charge in [0.15, 0.2) is 0 Å². The van der Waals surface area contributed by atoms with Gasteiger partial charge in [0.2, 0.25) is 0 Å². The zero-order chi connectivity index (χ0) is 13.2. The Hall–Kier alpha value is -0.980. The molecule has 108 valence electrons. The molecule has 2 rings (SSSR count). The van der Waals surface area contributed by atoms with Gasteiger partial charge in [-0.3, -0.25) is 4.74 Å². The molecule has 1 heterocycles. The second-order valence-corrected chi connectivity index (χ2v) is 4.26. The van der Waals surface area contributed by atoms with Crippen LogP contribution < -0.4 is 10.5 Å². The maximum Gasteiger partial charge on any atom is 0.522 e. The van der Waals surface area contributed by atoms with Crippen LogP contribution in [-0.4, -0.2) is 25.6 Å². The molecule has 0 radical (unpaired) electrons. The molecular formula is C12H15ClF3NO2. The molecule has 1 unspecified atom stereocenters. The van der Waals surface area contributed by atoms with Gasteiger partial charge in [-0.2, -0.15) is 0 Å². The number of hydrogen-bond donors (Lipinski definition) is 1. The summed E-state index contributed by atoms with van der Waals surface area (Å²) in [4.78, 5) is 0. The van der Waals surface area contributed by atoms with E-state index in [4.69, 9.17) is 10.5 Å². The lowest BCUT2D eigenvalue weighted by atomic mass is 10.00. The predicted octanol–water partition coefficient (Wildman–Crippen LogP) is 2.45. The second kappa shape index (κ2) is 6.45. The van der Waals surface area contributed by atoms with Crippen LogP contribution >= 0.6 is 12.4 Å². The topological polar surface area (TPSA) is 44.5 Å². The first-order chi connectivity index (χ1) is 8.44. The molecule has 0 aromatic heterocycles. The molecule has 7 heteroatoms. The highest BCUT2D eigenvalue weighted by Crippen LogP contribution is 2.25. The van der Waals surface area contributed by atoms with Crippen LogP contribution in [0.2, 0.25) is 0 Å². The highest BCUT2D eigenvalue weighted by atomic mass is 35.5. The number of fused-ring (bicyclic) bond motifs is 1. The summed E-state index contributed by atoms with van der Waals surface area (Å²) in [5.74, 6) is 0.761. The highest BCUT2D eigenvalue weighted by molar-refractivity contribution is 5.85. The summed E-state index contributed by atoms with van der Waals surface area (Å²) in [7, 11) is 0. The van der Waals surface area contributed by atoms with Crippen molar-refractivity contribution in [2.24, 2.45) is 5.73 Å². The van der Waals surface area contributed by atoms with Gasteiger partial charge in [0.05, 0.1) is 6.61 Å². The Morgan fingerprint density at radius 2 is 2.11 bits per heavy atom. The molecule has 0 spiro atoms. The van der Waals surface area contributed by atoms with Gasteiger partial charge in [-0.05, 0) is 30.0 Å². The van der Waals surface area contributed by atoms with E-state index in [1.807, 2.05) is 6.07 Å². The van der Waals surface area contributed by atoms with Crippen LogP contribution in [0.4, 0.5) is 13.2 Å². The highest BCUT2D eigenvalue weighted by Gasteiger charge is 2.28. The van der Waals surface area contributed by atoms with Gasteiger partial charge < -0.3 is 10.5 Å². The smallest absolute Gasteiger partial charge is 0.492 e. The number of halogens is 4. The van der Waals surface area contributed by atoms with Gasteiger partial charge in [-0.1, -0.05) is 12.1 Å². The molecule has 0 saturated carbocycles. The van der Waals surface area contributed by atoms with Gasteiger partial charge in [0.1, 0.15) is 12.4 Å². The zero-order valence-electron chi connectivity index (χ0n) is 10.1. The maximum absolute atomic E-state index is 11.8. The van der Waals surface area contributed by atoms with Crippen LogP contribution in [0.15, 0.2) is 18.2 Å². The monoisotopic (exact) mass is 297 g/mol. The van der Waals surface area contributed by atoms with Crippen LogP contribution in [0.3, 0.4) is 0 Å². The molecule has 3 nitrogen and oxygen atoms in total. The van der Waals surface area contributed by atoms with E-state index in [2.05, 4.69) is 4.74 Å². The normalized spacial score (nSPS) is 18.2. The van der Waals surface area contributed by atoms with Crippen molar-refractivity contribution in [1.29, 1.82) is 0 Å². The summed E-state index contributed by atoms with van der Waals surface area (Å²) in [6, 6.07) is 5.28. The van der Waals surface area contributed by atoms with Crippen molar-refractivity contribution in [1.82, 2.24) is 0 Å². The average molecular weight is 298 g/mol. The minimum absolute atomic E-state index is 0. The summed E-state index contributed by atoms with van der Waals surface area (Å²) in [5, 5.41) is 0. The van der Waals surface area contributed by atoms with Gasteiger partial charge >= 0.3 is 6.36 Å². The molecule has 1 aliphatic heterocycles. The summed E-state index contributed by atoms with van der Waals surface area (Å²) in [6.07, 6.45) is -3.68. The molecule has 1 aliphatic rings. The first-order valence-electron chi connectivity index (χ1n) is 5.65. The van der Waals surface area contributed by atoms with E-state index in [0.717, 1.165) is 16.9 Å². The van der Waals surface area contributed by atoms with E-state index in [-0.39, 0.29) is 31.5 Å². The van der Waals surface area contributed by atoms with Crippen molar-refractivity contribution in [2.75, 3.05) is 13.2 Å². The number of ether oxygens (including phenoxy) is 2. The number of hydrogen-bond acceptors (Lipinski definition) is 3. The summed E-state index contributed by atoms with van der Waals surface area (Å²) in [6.45, 7) is 0.0960. The van der Waals surface area contributed by atoms with Crippen molar-refractivity contribution in [3.63, 3.8) is 0 Å². The van der Waals surface area contributed by atoms with E-state index in [0.29, 0.717) is 13.0 Å². The molecule has 0 amide bonds. The number of nitrogens with two attached hydrogens (primary N) is 1. The SMILES string of the molecule is Cl.NC1COc2ccc(CCOC(F)(F)F)cc2C1. The second-order valence-electron chi connectivity index (χ2n) is 4.26. The van der Waals surface area contributed by atoms with Crippen LogP contribution in [0.1, 0.15) is 11.1 Å². The largest absolute Gasteiger partial charge is 0.522 e. The van der Waals surface area contributed by atoms with Gasteiger partial charge in [-0.25, -0.2) is 0 Å². The molecule has 1 aromatic carbocycles. The molecule has 19 heavy (non-hydrogen) atoms. The maximum atomic E-state index is 11.8. The average Bonchev–Trinajstić information content (AvgIpc) is 2.26. The number of alkyl halides is 3. The van der Waals surface area contributed by atoms with Crippen LogP contribution in [0, 0.1) is 0 Å². The Morgan fingerprint density at radius 3 is 2.79 bits per heavy atom. The third-order valence-electron chi connectivity index (χ3n) is 2.72. The fourth-order valence-corrected chi connectivity index (χ4v) is 1.91. The standard InChI is InChI=1S/C12H14F3NO2.ClH/c13-12(14,15)18-4-3-8-1-2-11-9(5-8)6-10(16)7-17-11;/h1-2,5,10H,3-4,6-7,16H2;1H. The fraction of sp³-hybridized carbons (Fsp3) is 0.500. The summed E-state index contributed by atoms with van der Waals surface area (Å²) in [5.41, 5.74) is 7.49. The van der Waals surface area contributed by atoms with E-state index in [1.54, 1.807) is 12.1 Å². The first-order valence-corrected chi connectivity index (χ1v) is 5.65. The van der Waals surface area contributed by atoms with Crippen molar-refractivity contribution in [2.45, 2.75) is 25.2 Å². The van der Waals surface area contributed by atoms with Crippen LogP contribution in [0.5, 0.6) is 5.75 Å². The molecule has 0 aliphatic carbocycles. The number of rotatable bonds is 3. The van der Waals surface area contributed by atoms with E-state index >= 15 is 0 Å². The Balaban J connectivity index is 0.00000180. The Morgan fingerprint density at radius 1 is 1.37 bits per heavy atom. The Bertz CT molecular complexity index is 426. The van der Waals surface area contributed by atoms with Crippen molar-refractivity contribution in [3.05, 3.63) is 29.3 Å². The molecule has 2 N–H and O–H groups in total. The summed E-state index contributed by atoms with van der Waals surface area (Å²) < 4.78 is 44.6. The molecule has 1 atom stereocenters. The van der Waals surface area contributed by atoms with Gasteiger partial charge in [0.25, 0.3) is 0 Å². The lowest BCUT2D eigenvalue weighted by Gasteiger charge is -2.22. The van der Waals surface area contributed by atoms with E-state index in [1.165, 1.54) is 0 Å². The quantitative estimate of drug-likeness (QED) is 0.932. The van der Waals surface area contributed by atoms with Gasteiger partial charge in [-0.15, -0.1) is 25.6 Å². The fourth-order valence-electron chi connectivity index (χ4n) is 1.91. The minimum atomic E-state index is -4.57. The van der Waals surface area contributed by atoms with Crippen molar-refractivity contribution < 1.29 is 22.6 Å². The first kappa shape index (κ1) is 16.1. The third kappa shape index (κ3) is 4.89. The Labute approximate surface area is 115 Å². The Kier molecular flexibility index (Phi) is 5.46. The van der Waals surface area contributed by atoms with E-state index < -0.39 is 6.36 Å². The molecule has 0 bridgehead atoms. The predicted molar refractivity (Wildman–Crippen MR) is 66.6 cm³/mol. The zero-order valence-corrected chi connectivity index (χ0v) is 10.9. The van der Waals surface area contributed by atoms with Crippen LogP contribution in [0.25, 0.3) is 0 Å². The van der Waals surface area contributed by atoms with Crippen molar-refractivity contribution >= 4 is 12.4 Å². The van der Waals surface area contributed by atoms with E-state index in [9.17, 15) is 13.2 Å². The lowest BCUT2D eigenvalue weighted by molar-refractivity contribution is -0.324. The van der Waals surface area contributed by atoms with Crippen LogP contribution in [-0.2, 0) is 17.6 Å². The minimum Gasteiger partial charge on any atom is -0.492 e. The third-order valence-corrected chi connectivity index (χ3v) is 2.72. The molecular weight excluding hydrogens is 283 g/mol. The summed E-state index contributed by atoms with van der Waals surface area (Å²) >= 11 is 0. The molecule has 1 aromatic rings. The lowest BCUT2D eigenvalue weighted by Crippen LogP contribution is -2.33. The van der Waals surface area contributed by atoms with Gasteiger partial charge in [0, 0.05) is 6.04 Å². The molecule has 0 saturated heterocycles.